The molecule has 12 nitrogen and oxygen atoms in total. The van der Waals surface area contributed by atoms with Crippen molar-refractivity contribution < 1.29 is 18.7 Å². The third-order valence-electron chi connectivity index (χ3n) is 5.49. The molecule has 1 aliphatic rings. The van der Waals surface area contributed by atoms with Gasteiger partial charge in [-0.25, -0.2) is 14.2 Å². The van der Waals surface area contributed by atoms with E-state index in [0.717, 1.165) is 17.6 Å². The van der Waals surface area contributed by atoms with Gasteiger partial charge in [0.15, 0.2) is 12.4 Å². The predicted molar refractivity (Wildman–Crippen MR) is 119 cm³/mol. The molecule has 178 valence electrons. The summed E-state index contributed by atoms with van der Waals surface area (Å²) in [6, 6.07) is 2.97. The summed E-state index contributed by atoms with van der Waals surface area (Å²) < 4.78 is 26.3. The topological polar surface area (TPSA) is 148 Å². The van der Waals surface area contributed by atoms with Crippen LogP contribution in [0.2, 0.25) is 5.02 Å². The van der Waals surface area contributed by atoms with Crippen molar-refractivity contribution in [2.24, 2.45) is 0 Å². The Balaban J connectivity index is 1.49. The zero-order valence-corrected chi connectivity index (χ0v) is 19.4. The molecule has 0 saturated carbocycles. The maximum absolute atomic E-state index is 15.1. The quantitative estimate of drug-likeness (QED) is 0.275. The van der Waals surface area contributed by atoms with E-state index in [4.69, 9.17) is 16.3 Å². The smallest absolute Gasteiger partial charge is 0.329 e. The molecule has 0 bridgehead atoms. The summed E-state index contributed by atoms with van der Waals surface area (Å²) in [6.07, 6.45) is 2.77. The summed E-state index contributed by atoms with van der Waals surface area (Å²) >= 11 is 6.89. The van der Waals surface area contributed by atoms with Crippen LogP contribution in [0.3, 0.4) is 0 Å². The highest BCUT2D eigenvalue weighted by atomic mass is 35.5. The van der Waals surface area contributed by atoms with Gasteiger partial charge >= 0.3 is 5.97 Å². The van der Waals surface area contributed by atoms with Gasteiger partial charge in [-0.2, -0.15) is 4.68 Å². The fourth-order valence-corrected chi connectivity index (χ4v) is 4.48. The highest BCUT2D eigenvalue weighted by molar-refractivity contribution is 7.07. The standard InChI is InChI=1S/C20H14ClFN8O4S/c1-9-4-13(20(33)34-7-14(31)15-6-23-28-35-15)30-16(32)5-11(25-19(9)30)17-12(29-8-24-26-27-29)3-2-10(21)18(17)22/h2-3,5-6,8-9,13H,4,7H2,1H3. The first kappa shape index (κ1) is 22.9. The minimum atomic E-state index is -0.982. The first-order valence-electron chi connectivity index (χ1n) is 10.2. The molecule has 5 rings (SSSR count). The second-order valence-electron chi connectivity index (χ2n) is 7.68. The van der Waals surface area contributed by atoms with Crippen LogP contribution in [0, 0.1) is 5.82 Å². The summed E-state index contributed by atoms with van der Waals surface area (Å²) in [6.45, 7) is 1.27. The van der Waals surface area contributed by atoms with Crippen LogP contribution in [0.25, 0.3) is 16.9 Å². The van der Waals surface area contributed by atoms with Gasteiger partial charge in [0.1, 0.15) is 23.1 Å². The van der Waals surface area contributed by atoms with Gasteiger partial charge in [-0.15, -0.1) is 10.2 Å². The van der Waals surface area contributed by atoms with Crippen molar-refractivity contribution >= 4 is 34.9 Å². The van der Waals surface area contributed by atoms with Crippen LogP contribution >= 0.6 is 23.1 Å². The third-order valence-corrected chi connectivity index (χ3v) is 6.48. The van der Waals surface area contributed by atoms with Gasteiger partial charge in [0.25, 0.3) is 5.56 Å². The Morgan fingerprint density at radius 1 is 1.31 bits per heavy atom. The van der Waals surface area contributed by atoms with Crippen molar-refractivity contribution in [2.75, 3.05) is 6.61 Å². The number of ketones is 1. The molecule has 0 aliphatic carbocycles. The maximum Gasteiger partial charge on any atom is 0.329 e. The van der Waals surface area contributed by atoms with Crippen molar-refractivity contribution in [3.05, 3.63) is 62.6 Å². The molecule has 1 aliphatic heterocycles. The lowest BCUT2D eigenvalue weighted by Crippen LogP contribution is -2.30. The number of Topliss-reactive ketones (excluding diaryl/α,β-unsaturated/α-hetero) is 1. The molecule has 1 aromatic carbocycles. The lowest BCUT2D eigenvalue weighted by Gasteiger charge is -2.15. The summed E-state index contributed by atoms with van der Waals surface area (Å²) in [7, 11) is 0. The van der Waals surface area contributed by atoms with Crippen molar-refractivity contribution in [1.29, 1.82) is 0 Å². The monoisotopic (exact) mass is 516 g/mol. The van der Waals surface area contributed by atoms with E-state index in [2.05, 4.69) is 30.1 Å². The molecule has 15 heteroatoms. The van der Waals surface area contributed by atoms with Gasteiger partial charge in [-0.3, -0.25) is 14.2 Å². The fraction of sp³-hybridized carbons (Fsp3) is 0.250. The van der Waals surface area contributed by atoms with E-state index < -0.39 is 35.8 Å². The number of carbonyl (C=O) groups is 2. The van der Waals surface area contributed by atoms with Crippen molar-refractivity contribution in [1.82, 2.24) is 39.3 Å². The second kappa shape index (κ2) is 9.03. The molecule has 4 aromatic rings. The van der Waals surface area contributed by atoms with E-state index in [0.29, 0.717) is 0 Å². The average molecular weight is 517 g/mol. The number of nitrogens with zero attached hydrogens (tertiary/aromatic N) is 8. The van der Waals surface area contributed by atoms with Crippen LogP contribution in [0.5, 0.6) is 0 Å². The molecule has 0 fully saturated rings. The lowest BCUT2D eigenvalue weighted by atomic mass is 10.1. The summed E-state index contributed by atoms with van der Waals surface area (Å²) in [4.78, 5) is 42.7. The van der Waals surface area contributed by atoms with Crippen molar-refractivity contribution in [2.45, 2.75) is 25.3 Å². The van der Waals surface area contributed by atoms with Crippen LogP contribution in [-0.2, 0) is 9.53 Å². The summed E-state index contributed by atoms with van der Waals surface area (Å²) in [5.41, 5.74) is -0.407. The fourth-order valence-electron chi connectivity index (χ4n) is 3.89. The highest BCUT2D eigenvalue weighted by Crippen LogP contribution is 2.37. The molecule has 0 N–H and O–H groups in total. The van der Waals surface area contributed by atoms with Gasteiger partial charge < -0.3 is 4.74 Å². The number of hydrogen-bond acceptors (Lipinski definition) is 11. The Kier molecular flexibility index (Phi) is 5.90. The van der Waals surface area contributed by atoms with Crippen LogP contribution in [0.4, 0.5) is 4.39 Å². The van der Waals surface area contributed by atoms with Gasteiger partial charge in [0, 0.05) is 12.0 Å². The minimum absolute atomic E-state index is 0.0143. The van der Waals surface area contributed by atoms with Crippen LogP contribution in [-0.4, -0.2) is 57.7 Å². The molecule has 4 heterocycles. The summed E-state index contributed by atoms with van der Waals surface area (Å²) in [5.74, 6) is -2.06. The van der Waals surface area contributed by atoms with E-state index in [9.17, 15) is 14.4 Å². The SMILES string of the molecule is CC1CC(C(=O)OCC(=O)c2cnns2)n2c1nc(-c1c(-n3cnnn3)ccc(Cl)c1F)cc2=O. The zero-order chi connectivity index (χ0) is 24.7. The second-order valence-corrected chi connectivity index (χ2v) is 8.88. The van der Waals surface area contributed by atoms with E-state index >= 15 is 4.39 Å². The van der Waals surface area contributed by atoms with Gasteiger partial charge in [-0.05, 0) is 40.5 Å². The number of benzene rings is 1. The molecule has 0 radical (unpaired) electrons. The number of tetrazole rings is 1. The van der Waals surface area contributed by atoms with Crippen molar-refractivity contribution in [3.8, 4) is 16.9 Å². The van der Waals surface area contributed by atoms with Gasteiger partial charge in [-0.1, -0.05) is 23.0 Å². The van der Waals surface area contributed by atoms with Gasteiger partial charge in [0.05, 0.1) is 28.2 Å². The molecule has 35 heavy (non-hydrogen) atoms. The first-order valence-corrected chi connectivity index (χ1v) is 11.3. The first-order chi connectivity index (χ1) is 16.8. The molecule has 0 spiro atoms. The number of aromatic nitrogens is 8. The Labute approximate surface area is 204 Å². The number of halogens is 2. The van der Waals surface area contributed by atoms with E-state index in [1.807, 2.05) is 0 Å². The maximum atomic E-state index is 15.1. The number of fused-ring (bicyclic) bond motifs is 1. The number of esters is 1. The Morgan fingerprint density at radius 3 is 2.86 bits per heavy atom. The van der Waals surface area contributed by atoms with Crippen LogP contribution in [0.15, 0.2) is 35.5 Å². The molecule has 3 aromatic heterocycles. The van der Waals surface area contributed by atoms with E-state index in [-0.39, 0.29) is 45.0 Å². The van der Waals surface area contributed by atoms with Crippen LogP contribution in [0.1, 0.15) is 40.8 Å². The predicted octanol–water partition coefficient (Wildman–Crippen LogP) is 2.00. The molecule has 0 amide bonds. The summed E-state index contributed by atoms with van der Waals surface area (Å²) in [5, 5.41) is 14.3. The highest BCUT2D eigenvalue weighted by Gasteiger charge is 2.37. The number of carbonyl (C=O) groups excluding carboxylic acids is 2. The minimum Gasteiger partial charge on any atom is -0.456 e. The van der Waals surface area contributed by atoms with Gasteiger partial charge in [0.2, 0.25) is 5.78 Å². The molecular formula is C20H14ClFN8O4S. The van der Waals surface area contributed by atoms with Crippen molar-refractivity contribution in [3.63, 3.8) is 0 Å². The zero-order valence-electron chi connectivity index (χ0n) is 17.8. The lowest BCUT2D eigenvalue weighted by molar-refractivity contribution is -0.146. The molecule has 0 saturated heterocycles. The number of hydrogen-bond donors (Lipinski definition) is 0. The van der Waals surface area contributed by atoms with Crippen LogP contribution < -0.4 is 5.56 Å². The number of rotatable bonds is 6. The Hall–Kier alpha value is -3.91. The van der Waals surface area contributed by atoms with E-state index in [1.165, 1.54) is 33.9 Å². The van der Waals surface area contributed by atoms with E-state index in [1.54, 1.807) is 6.92 Å². The molecular weight excluding hydrogens is 503 g/mol. The normalized spacial score (nSPS) is 16.8. The Morgan fingerprint density at radius 2 is 2.14 bits per heavy atom. The molecule has 2 unspecified atom stereocenters. The number of ether oxygens (including phenoxy) is 1. The average Bonchev–Trinajstić information content (AvgIpc) is 3.61. The molecule has 2 atom stereocenters. The third kappa shape index (κ3) is 4.10. The largest absolute Gasteiger partial charge is 0.456 e. The Bertz CT molecular complexity index is 1490.